The maximum absolute atomic E-state index is 13.1. The van der Waals surface area contributed by atoms with Gasteiger partial charge in [0.2, 0.25) is 6.10 Å². The van der Waals surface area contributed by atoms with Gasteiger partial charge in [0.05, 0.1) is 0 Å². The fourth-order valence-electron chi connectivity index (χ4n) is 2.47. The first-order valence-corrected chi connectivity index (χ1v) is 7.02. The van der Waals surface area contributed by atoms with Crippen molar-refractivity contribution in [1.82, 2.24) is 0 Å². The Balaban J connectivity index is 2.55. The number of allylic oxidation sites excluding steroid dienone is 1. The molecule has 0 spiro atoms. The fourth-order valence-corrected chi connectivity index (χ4v) is 2.47. The Bertz CT molecular complexity index is 658. The molecule has 0 aliphatic carbocycles. The van der Waals surface area contributed by atoms with Gasteiger partial charge >= 0.3 is 12.5 Å². The van der Waals surface area contributed by atoms with E-state index in [0.29, 0.717) is 0 Å². The lowest BCUT2D eigenvalue weighted by molar-refractivity contribution is -0.274. The van der Waals surface area contributed by atoms with E-state index in [4.69, 9.17) is 4.74 Å². The Kier molecular flexibility index (Phi) is 4.87. The first-order chi connectivity index (χ1) is 11.0. The van der Waals surface area contributed by atoms with Crippen LogP contribution in [0.1, 0.15) is 24.5 Å². The molecule has 132 valence electrons. The number of ether oxygens (including phenoxy) is 2. The third-order valence-electron chi connectivity index (χ3n) is 3.38. The maximum atomic E-state index is 13.1. The zero-order valence-electron chi connectivity index (χ0n) is 12.6. The second kappa shape index (κ2) is 6.41. The minimum atomic E-state index is -4.90. The van der Waals surface area contributed by atoms with E-state index in [-0.39, 0.29) is 35.3 Å². The Labute approximate surface area is 134 Å². The van der Waals surface area contributed by atoms with Crippen molar-refractivity contribution in [3.63, 3.8) is 0 Å². The average molecular weight is 352 g/mol. The lowest BCUT2D eigenvalue weighted by atomic mass is 9.96. The Morgan fingerprint density at radius 1 is 1.21 bits per heavy atom. The first kappa shape index (κ1) is 18.2. The number of benzene rings is 1. The van der Waals surface area contributed by atoms with Gasteiger partial charge in [0.1, 0.15) is 11.5 Å². The molecule has 0 N–H and O–H groups in total. The molecule has 24 heavy (non-hydrogen) atoms. The third kappa shape index (κ3) is 4.04. The van der Waals surface area contributed by atoms with E-state index in [1.807, 2.05) is 0 Å². The Morgan fingerprint density at radius 2 is 1.88 bits per heavy atom. The standard InChI is InChI=1S/C16H14F6O2/c1-3-5-10-7-12(24-16(20,21)22)8-11-6-9(4-2)14(15(17,18)19)23-13(10)11/h3,6-8,14H,1,4-5H2,2H3. The normalized spacial score (nSPS) is 17.6. The highest BCUT2D eigenvalue weighted by atomic mass is 19.4. The van der Waals surface area contributed by atoms with Gasteiger partial charge in [-0.25, -0.2) is 0 Å². The van der Waals surface area contributed by atoms with Gasteiger partial charge in [-0.2, -0.15) is 13.2 Å². The molecule has 2 rings (SSSR count). The van der Waals surface area contributed by atoms with Crippen molar-refractivity contribution in [3.05, 3.63) is 41.5 Å². The number of alkyl halides is 6. The van der Waals surface area contributed by atoms with Crippen LogP contribution in [0.4, 0.5) is 26.3 Å². The van der Waals surface area contributed by atoms with Crippen LogP contribution in [0.15, 0.2) is 30.4 Å². The van der Waals surface area contributed by atoms with Crippen LogP contribution in [0.5, 0.6) is 11.5 Å². The molecule has 0 radical (unpaired) electrons. The summed E-state index contributed by atoms with van der Waals surface area (Å²) < 4.78 is 85.6. The minimum Gasteiger partial charge on any atom is -0.476 e. The van der Waals surface area contributed by atoms with Crippen LogP contribution in [-0.4, -0.2) is 18.6 Å². The number of hydrogen-bond donors (Lipinski definition) is 0. The van der Waals surface area contributed by atoms with Gasteiger partial charge < -0.3 is 9.47 Å². The molecule has 0 amide bonds. The monoisotopic (exact) mass is 352 g/mol. The summed E-state index contributed by atoms with van der Waals surface area (Å²) in [5, 5.41) is 0. The molecular formula is C16H14F6O2. The molecule has 8 heteroatoms. The van der Waals surface area contributed by atoms with Crippen molar-refractivity contribution in [2.45, 2.75) is 38.4 Å². The minimum absolute atomic E-state index is 0.0390. The van der Waals surface area contributed by atoms with Crippen molar-refractivity contribution in [1.29, 1.82) is 0 Å². The topological polar surface area (TPSA) is 18.5 Å². The predicted molar refractivity (Wildman–Crippen MR) is 75.8 cm³/mol. The maximum Gasteiger partial charge on any atom is 0.573 e. The Morgan fingerprint density at radius 3 is 2.38 bits per heavy atom. The number of fused-ring (bicyclic) bond motifs is 1. The summed E-state index contributed by atoms with van der Waals surface area (Å²) in [4.78, 5) is 0. The number of halogens is 6. The van der Waals surface area contributed by atoms with E-state index >= 15 is 0 Å². The van der Waals surface area contributed by atoms with Crippen LogP contribution in [0.3, 0.4) is 0 Å². The summed E-state index contributed by atoms with van der Waals surface area (Å²) in [6.07, 6.45) is -8.99. The summed E-state index contributed by atoms with van der Waals surface area (Å²) in [5.41, 5.74) is 0.192. The molecule has 0 saturated carbocycles. The van der Waals surface area contributed by atoms with Gasteiger partial charge in [0.15, 0.2) is 0 Å². The van der Waals surface area contributed by atoms with Gasteiger partial charge in [-0.1, -0.05) is 13.0 Å². The van der Waals surface area contributed by atoms with Gasteiger partial charge in [0.25, 0.3) is 0 Å². The molecule has 1 aliphatic rings. The number of hydrogen-bond acceptors (Lipinski definition) is 2. The summed E-state index contributed by atoms with van der Waals surface area (Å²) in [6, 6.07) is 2.02. The van der Waals surface area contributed by atoms with Crippen molar-refractivity contribution in [2.75, 3.05) is 0 Å². The first-order valence-electron chi connectivity index (χ1n) is 7.02. The number of rotatable bonds is 4. The molecule has 0 aromatic heterocycles. The van der Waals surface area contributed by atoms with Gasteiger partial charge in [-0.05, 0) is 36.6 Å². The molecule has 1 aromatic carbocycles. The Hall–Kier alpha value is -2.12. The lowest BCUT2D eigenvalue weighted by Crippen LogP contribution is -2.38. The molecule has 1 atom stereocenters. The van der Waals surface area contributed by atoms with Crippen LogP contribution in [0.2, 0.25) is 0 Å². The second-order valence-electron chi connectivity index (χ2n) is 5.15. The molecule has 1 aliphatic heterocycles. The molecule has 0 bridgehead atoms. The van der Waals surface area contributed by atoms with E-state index < -0.39 is 24.4 Å². The molecule has 1 aromatic rings. The summed E-state index contributed by atoms with van der Waals surface area (Å²) >= 11 is 0. The van der Waals surface area contributed by atoms with Crippen LogP contribution in [0.25, 0.3) is 6.08 Å². The molecule has 1 unspecified atom stereocenters. The van der Waals surface area contributed by atoms with E-state index in [1.54, 1.807) is 0 Å². The second-order valence-corrected chi connectivity index (χ2v) is 5.15. The highest BCUT2D eigenvalue weighted by molar-refractivity contribution is 5.67. The zero-order chi connectivity index (χ0) is 18.1. The van der Waals surface area contributed by atoms with Crippen LogP contribution in [-0.2, 0) is 6.42 Å². The van der Waals surface area contributed by atoms with Crippen molar-refractivity contribution >= 4 is 6.08 Å². The van der Waals surface area contributed by atoms with E-state index in [2.05, 4.69) is 11.3 Å². The predicted octanol–water partition coefficient (Wildman–Crippen LogP) is 5.43. The fraction of sp³-hybridized carbons (Fsp3) is 0.375. The van der Waals surface area contributed by atoms with E-state index in [1.165, 1.54) is 19.1 Å². The van der Waals surface area contributed by atoms with E-state index in [9.17, 15) is 26.3 Å². The van der Waals surface area contributed by atoms with Gasteiger partial charge in [-0.15, -0.1) is 19.8 Å². The third-order valence-corrected chi connectivity index (χ3v) is 3.38. The molecule has 1 heterocycles. The largest absolute Gasteiger partial charge is 0.573 e. The molecule has 0 saturated heterocycles. The van der Waals surface area contributed by atoms with Crippen LogP contribution in [0, 0.1) is 0 Å². The molecule has 0 fully saturated rings. The molecule has 2 nitrogen and oxygen atoms in total. The zero-order valence-corrected chi connectivity index (χ0v) is 12.6. The van der Waals surface area contributed by atoms with Crippen LogP contribution >= 0.6 is 0 Å². The van der Waals surface area contributed by atoms with Gasteiger partial charge in [-0.3, -0.25) is 0 Å². The summed E-state index contributed by atoms with van der Waals surface area (Å²) in [6.45, 7) is 4.97. The van der Waals surface area contributed by atoms with Crippen LogP contribution < -0.4 is 9.47 Å². The highest BCUT2D eigenvalue weighted by Gasteiger charge is 2.46. The summed E-state index contributed by atoms with van der Waals surface area (Å²) in [5.74, 6) is -0.622. The van der Waals surface area contributed by atoms with Crippen molar-refractivity contribution in [3.8, 4) is 11.5 Å². The smallest absolute Gasteiger partial charge is 0.476 e. The highest BCUT2D eigenvalue weighted by Crippen LogP contribution is 2.42. The van der Waals surface area contributed by atoms with Gasteiger partial charge in [0, 0.05) is 11.1 Å². The average Bonchev–Trinajstić information content (AvgIpc) is 2.43. The SMILES string of the molecule is C=CCc1cc(OC(F)(F)F)cc2c1OC(C(F)(F)F)C(CC)=C2. The molecular weight excluding hydrogens is 338 g/mol. The summed E-state index contributed by atoms with van der Waals surface area (Å²) in [7, 11) is 0. The van der Waals surface area contributed by atoms with Crippen molar-refractivity contribution < 1.29 is 35.8 Å². The quantitative estimate of drug-likeness (QED) is 0.531. The van der Waals surface area contributed by atoms with Crippen molar-refractivity contribution in [2.24, 2.45) is 0 Å². The lowest BCUT2D eigenvalue weighted by Gasteiger charge is -2.30. The van der Waals surface area contributed by atoms with E-state index in [0.717, 1.165) is 12.1 Å².